The molecule has 0 unspecified atom stereocenters. The summed E-state index contributed by atoms with van der Waals surface area (Å²) in [5, 5.41) is 5.10. The van der Waals surface area contributed by atoms with Crippen LogP contribution in [0.5, 0.6) is 0 Å². The fraction of sp³-hybridized carbons (Fsp3) is 0. The van der Waals surface area contributed by atoms with Gasteiger partial charge in [0, 0.05) is 57.0 Å². The molecule has 0 radical (unpaired) electrons. The summed E-state index contributed by atoms with van der Waals surface area (Å²) in [4.78, 5) is 15.7. The van der Waals surface area contributed by atoms with Crippen LogP contribution in [0.15, 0.2) is 212 Å². The third kappa shape index (κ3) is 6.65. The SMILES string of the molecule is c1ccc(-c2cccc(-c3cccc(-c4nc(-c5ccccc5)nc(-c5cc(-c6ccc7sc8ccccc8c7c6)cc(-c6ccc7sc8ccccc8c7c6)c5)n4)c3)c2)cc1. The Morgan fingerprint density at radius 2 is 0.565 bits per heavy atom. The molecular formula is C57H35N3S2. The lowest BCUT2D eigenvalue weighted by Gasteiger charge is -2.13. The Balaban J connectivity index is 1.04. The molecule has 0 bridgehead atoms. The van der Waals surface area contributed by atoms with E-state index >= 15 is 0 Å². The predicted octanol–water partition coefficient (Wildman–Crippen LogP) is 16.3. The van der Waals surface area contributed by atoms with Crippen LogP contribution in [-0.4, -0.2) is 15.0 Å². The van der Waals surface area contributed by atoms with Crippen molar-refractivity contribution in [2.24, 2.45) is 0 Å². The van der Waals surface area contributed by atoms with E-state index in [-0.39, 0.29) is 0 Å². The van der Waals surface area contributed by atoms with Crippen LogP contribution in [0.2, 0.25) is 0 Å². The highest BCUT2D eigenvalue weighted by molar-refractivity contribution is 7.26. The monoisotopic (exact) mass is 825 g/mol. The summed E-state index contributed by atoms with van der Waals surface area (Å²) >= 11 is 3.68. The number of aromatic nitrogens is 3. The molecule has 0 amide bonds. The Morgan fingerprint density at radius 3 is 1.13 bits per heavy atom. The molecule has 0 atom stereocenters. The first-order valence-corrected chi connectivity index (χ1v) is 22.4. The van der Waals surface area contributed by atoms with Crippen LogP contribution in [0.25, 0.3) is 119 Å². The van der Waals surface area contributed by atoms with Crippen LogP contribution in [0.4, 0.5) is 0 Å². The zero-order chi connectivity index (χ0) is 41.0. The van der Waals surface area contributed by atoms with Gasteiger partial charge in [0.05, 0.1) is 0 Å². The molecule has 3 heterocycles. The first-order valence-electron chi connectivity index (χ1n) is 20.7. The average Bonchev–Trinajstić information content (AvgIpc) is 3.92. The summed E-state index contributed by atoms with van der Waals surface area (Å²) in [6.45, 7) is 0. The van der Waals surface area contributed by atoms with E-state index in [0.29, 0.717) is 17.5 Å². The van der Waals surface area contributed by atoms with Crippen molar-refractivity contribution in [3.63, 3.8) is 0 Å². The standard InChI is InChI=1S/C57H35N3S2/c1-3-13-36(14-4-1)38-17-11-18-39(29-38)40-19-12-20-43(30-40)56-58-55(37-15-5-2-6-16-37)59-57(60-56)46-32-44(41-25-27-53-49(34-41)47-21-7-9-23-51(47)61-53)31-45(33-46)42-26-28-54-50(35-42)48-22-8-10-24-52(48)62-54/h1-35H. The van der Waals surface area contributed by atoms with Gasteiger partial charge in [-0.2, -0.15) is 0 Å². The number of hydrogen-bond acceptors (Lipinski definition) is 5. The summed E-state index contributed by atoms with van der Waals surface area (Å²) in [7, 11) is 0. The second-order valence-electron chi connectivity index (χ2n) is 15.6. The highest BCUT2D eigenvalue weighted by atomic mass is 32.1. The molecule has 0 N–H and O–H groups in total. The van der Waals surface area contributed by atoms with E-state index in [1.54, 1.807) is 0 Å². The van der Waals surface area contributed by atoms with E-state index in [9.17, 15) is 0 Å². The Hall–Kier alpha value is -7.57. The smallest absolute Gasteiger partial charge is 0.164 e. The van der Waals surface area contributed by atoms with E-state index in [0.717, 1.165) is 50.1 Å². The fourth-order valence-corrected chi connectivity index (χ4v) is 10.8. The van der Waals surface area contributed by atoms with Gasteiger partial charge in [-0.05, 0) is 111 Å². The second kappa shape index (κ2) is 15.2. The van der Waals surface area contributed by atoms with Crippen molar-refractivity contribution in [2.75, 3.05) is 0 Å². The van der Waals surface area contributed by atoms with Crippen molar-refractivity contribution >= 4 is 63.0 Å². The Kier molecular flexibility index (Phi) is 8.87. The first-order chi connectivity index (χ1) is 30.7. The summed E-state index contributed by atoms with van der Waals surface area (Å²) in [5.74, 6) is 1.88. The number of benzene rings is 9. The van der Waals surface area contributed by atoms with E-state index in [1.165, 1.54) is 51.5 Å². The Labute approximate surface area is 366 Å². The maximum Gasteiger partial charge on any atom is 0.164 e. The molecule has 12 aromatic rings. The van der Waals surface area contributed by atoms with Gasteiger partial charge in [-0.3, -0.25) is 0 Å². The minimum atomic E-state index is 0.623. The van der Waals surface area contributed by atoms with Crippen molar-refractivity contribution in [1.82, 2.24) is 15.0 Å². The van der Waals surface area contributed by atoms with Crippen LogP contribution in [0, 0.1) is 0 Å². The first kappa shape index (κ1) is 36.3. The molecule has 0 saturated heterocycles. The highest BCUT2D eigenvalue weighted by Gasteiger charge is 2.17. The summed E-state index contributed by atoms with van der Waals surface area (Å²) < 4.78 is 5.16. The molecule has 0 aliphatic heterocycles. The zero-order valence-electron chi connectivity index (χ0n) is 33.4. The molecule has 12 rings (SSSR count). The van der Waals surface area contributed by atoms with Crippen molar-refractivity contribution in [3.05, 3.63) is 212 Å². The Bertz CT molecular complexity index is 3510. The minimum Gasteiger partial charge on any atom is -0.208 e. The van der Waals surface area contributed by atoms with Gasteiger partial charge in [-0.25, -0.2) is 15.0 Å². The number of nitrogens with zero attached hydrogens (tertiary/aromatic N) is 3. The lowest BCUT2D eigenvalue weighted by atomic mass is 9.94. The van der Waals surface area contributed by atoms with Crippen molar-refractivity contribution in [2.45, 2.75) is 0 Å². The van der Waals surface area contributed by atoms with Gasteiger partial charge in [0.25, 0.3) is 0 Å². The van der Waals surface area contributed by atoms with E-state index in [2.05, 4.69) is 194 Å². The van der Waals surface area contributed by atoms with Crippen molar-refractivity contribution < 1.29 is 0 Å². The van der Waals surface area contributed by atoms with Crippen LogP contribution in [0.3, 0.4) is 0 Å². The third-order valence-electron chi connectivity index (χ3n) is 11.7. The fourth-order valence-electron chi connectivity index (χ4n) is 8.60. The molecule has 9 aromatic carbocycles. The molecule has 0 spiro atoms. The quantitative estimate of drug-likeness (QED) is 0.161. The third-order valence-corrected chi connectivity index (χ3v) is 14.0. The molecule has 0 aliphatic carbocycles. The highest BCUT2D eigenvalue weighted by Crippen LogP contribution is 2.41. The maximum atomic E-state index is 5.32. The van der Waals surface area contributed by atoms with Gasteiger partial charge in [-0.15, -0.1) is 22.7 Å². The topological polar surface area (TPSA) is 38.7 Å². The van der Waals surface area contributed by atoms with E-state index in [4.69, 9.17) is 15.0 Å². The van der Waals surface area contributed by atoms with Crippen LogP contribution >= 0.6 is 22.7 Å². The normalized spacial score (nSPS) is 11.5. The van der Waals surface area contributed by atoms with E-state index in [1.807, 2.05) is 40.9 Å². The molecule has 3 aromatic heterocycles. The number of thiophene rings is 2. The lowest BCUT2D eigenvalue weighted by molar-refractivity contribution is 1.07. The summed E-state index contributed by atoms with van der Waals surface area (Å²) in [5.41, 5.74) is 11.9. The largest absolute Gasteiger partial charge is 0.208 e. The molecule has 0 saturated carbocycles. The number of fused-ring (bicyclic) bond motifs is 6. The molecule has 62 heavy (non-hydrogen) atoms. The molecule has 290 valence electrons. The average molecular weight is 826 g/mol. The second-order valence-corrected chi connectivity index (χ2v) is 17.8. The molecule has 0 fully saturated rings. The van der Waals surface area contributed by atoms with Gasteiger partial charge < -0.3 is 0 Å². The molecule has 0 aliphatic rings. The number of rotatable bonds is 7. The van der Waals surface area contributed by atoms with E-state index < -0.39 is 0 Å². The molecule has 3 nitrogen and oxygen atoms in total. The van der Waals surface area contributed by atoms with Crippen LogP contribution in [0.1, 0.15) is 0 Å². The molecular weight excluding hydrogens is 791 g/mol. The van der Waals surface area contributed by atoms with Crippen molar-refractivity contribution in [1.29, 1.82) is 0 Å². The van der Waals surface area contributed by atoms with Gasteiger partial charge in [0.1, 0.15) is 0 Å². The minimum absolute atomic E-state index is 0.623. The summed E-state index contributed by atoms with van der Waals surface area (Å²) in [6, 6.07) is 75.9. The summed E-state index contributed by atoms with van der Waals surface area (Å²) in [6.07, 6.45) is 0. The van der Waals surface area contributed by atoms with Crippen molar-refractivity contribution in [3.8, 4) is 78.7 Å². The predicted molar refractivity (Wildman–Crippen MR) is 264 cm³/mol. The van der Waals surface area contributed by atoms with Gasteiger partial charge in [-0.1, -0.05) is 146 Å². The van der Waals surface area contributed by atoms with Gasteiger partial charge in [0.2, 0.25) is 0 Å². The maximum absolute atomic E-state index is 5.32. The molecule has 5 heteroatoms. The number of hydrogen-bond donors (Lipinski definition) is 0. The van der Waals surface area contributed by atoms with Crippen LogP contribution in [-0.2, 0) is 0 Å². The lowest BCUT2D eigenvalue weighted by Crippen LogP contribution is -2.00. The van der Waals surface area contributed by atoms with Gasteiger partial charge >= 0.3 is 0 Å². The van der Waals surface area contributed by atoms with Gasteiger partial charge in [0.15, 0.2) is 17.5 Å². The van der Waals surface area contributed by atoms with Crippen LogP contribution < -0.4 is 0 Å². The Morgan fingerprint density at radius 1 is 0.210 bits per heavy atom. The zero-order valence-corrected chi connectivity index (χ0v) is 35.0.